The van der Waals surface area contributed by atoms with Gasteiger partial charge in [-0.15, -0.1) is 0 Å². The van der Waals surface area contributed by atoms with E-state index in [0.29, 0.717) is 34.3 Å². The lowest BCUT2D eigenvalue weighted by molar-refractivity contribution is -0.114. The minimum atomic E-state index is -0.483. The van der Waals surface area contributed by atoms with Gasteiger partial charge in [-0.05, 0) is 44.9 Å². The van der Waals surface area contributed by atoms with Crippen LogP contribution in [0.4, 0.5) is 27.5 Å². The van der Waals surface area contributed by atoms with E-state index in [4.69, 9.17) is 10.7 Å². The predicted molar refractivity (Wildman–Crippen MR) is 124 cm³/mol. The maximum absolute atomic E-state index is 14.2. The Labute approximate surface area is 186 Å². The largest absolute Gasteiger partial charge is 0.350 e. The molecule has 5 N–H and O–H groups in total. The van der Waals surface area contributed by atoms with E-state index in [-0.39, 0.29) is 24.0 Å². The highest BCUT2D eigenvalue weighted by Crippen LogP contribution is 2.29. The van der Waals surface area contributed by atoms with E-state index in [9.17, 15) is 9.18 Å². The van der Waals surface area contributed by atoms with Crippen LogP contribution in [0.5, 0.6) is 0 Å². The molecule has 1 aromatic carbocycles. The average molecular weight is 441 g/mol. The number of benzene rings is 1. The Morgan fingerprint density at radius 2 is 1.94 bits per heavy atom. The highest BCUT2D eigenvalue weighted by atomic mass is 19.1. The quantitative estimate of drug-likeness (QED) is 0.458. The number of aromatic nitrogens is 4. The second-order valence-corrected chi connectivity index (χ2v) is 8.55. The fraction of sp³-hybridized carbons (Fsp3) is 0.455. The number of amides is 1. The summed E-state index contributed by atoms with van der Waals surface area (Å²) in [4.78, 5) is 25.2. The molecule has 2 atom stereocenters. The number of fused-ring (bicyclic) bond motifs is 1. The zero-order chi connectivity index (χ0) is 22.8. The van der Waals surface area contributed by atoms with Crippen molar-refractivity contribution < 1.29 is 9.18 Å². The van der Waals surface area contributed by atoms with Gasteiger partial charge in [0.15, 0.2) is 17.0 Å². The normalized spacial score (nSPS) is 18.7. The fourth-order valence-corrected chi connectivity index (χ4v) is 4.02. The van der Waals surface area contributed by atoms with Gasteiger partial charge in [0.2, 0.25) is 11.9 Å². The first-order chi connectivity index (χ1) is 15.3. The van der Waals surface area contributed by atoms with Crippen LogP contribution < -0.4 is 21.7 Å². The number of anilines is 4. The van der Waals surface area contributed by atoms with Crippen molar-refractivity contribution in [3.63, 3.8) is 0 Å². The maximum Gasteiger partial charge on any atom is 0.227 e. The van der Waals surface area contributed by atoms with Crippen LogP contribution in [0.25, 0.3) is 11.2 Å². The highest BCUT2D eigenvalue weighted by Gasteiger charge is 2.24. The molecule has 1 aliphatic carbocycles. The molecule has 4 rings (SSSR count). The molecule has 9 nitrogen and oxygen atoms in total. The summed E-state index contributed by atoms with van der Waals surface area (Å²) >= 11 is 0. The summed E-state index contributed by atoms with van der Waals surface area (Å²) in [5, 5.41) is 9.15. The molecule has 0 saturated heterocycles. The summed E-state index contributed by atoms with van der Waals surface area (Å²) in [5.74, 6) is 0.129. The summed E-state index contributed by atoms with van der Waals surface area (Å²) in [7, 11) is 0. The first kappa shape index (κ1) is 21.9. The van der Waals surface area contributed by atoms with Gasteiger partial charge in [0, 0.05) is 36.4 Å². The van der Waals surface area contributed by atoms with E-state index in [1.807, 2.05) is 18.4 Å². The first-order valence-corrected chi connectivity index (χ1v) is 10.9. The third-order valence-corrected chi connectivity index (χ3v) is 5.59. The number of nitrogens with zero attached hydrogens (tertiary/aromatic N) is 4. The zero-order valence-electron chi connectivity index (χ0n) is 18.5. The molecule has 0 bridgehead atoms. The molecular weight excluding hydrogens is 411 g/mol. The third kappa shape index (κ3) is 4.80. The molecule has 1 aliphatic rings. The Morgan fingerprint density at radius 1 is 1.19 bits per heavy atom. The van der Waals surface area contributed by atoms with Gasteiger partial charge >= 0.3 is 0 Å². The Morgan fingerprint density at radius 3 is 2.66 bits per heavy atom. The Bertz CT molecular complexity index is 1130. The van der Waals surface area contributed by atoms with Crippen LogP contribution in [0.3, 0.4) is 0 Å². The number of carbonyl (C=O) groups is 1. The van der Waals surface area contributed by atoms with E-state index in [0.717, 1.165) is 25.7 Å². The lowest BCUT2D eigenvalue weighted by Crippen LogP contribution is -2.43. The van der Waals surface area contributed by atoms with E-state index < -0.39 is 5.82 Å². The molecule has 0 unspecified atom stereocenters. The fourth-order valence-electron chi connectivity index (χ4n) is 4.02. The van der Waals surface area contributed by atoms with Gasteiger partial charge in [0.1, 0.15) is 5.82 Å². The van der Waals surface area contributed by atoms with Crippen molar-refractivity contribution in [2.45, 2.75) is 64.6 Å². The first-order valence-electron chi connectivity index (χ1n) is 10.9. The van der Waals surface area contributed by atoms with E-state index >= 15 is 0 Å². The monoisotopic (exact) mass is 440 g/mol. The molecule has 2 aromatic heterocycles. The van der Waals surface area contributed by atoms with Crippen LogP contribution in [0, 0.1) is 5.82 Å². The number of nitrogens with two attached hydrogens (primary N) is 1. The van der Waals surface area contributed by atoms with Crippen molar-refractivity contribution in [1.29, 1.82) is 0 Å². The molecule has 170 valence electrons. The predicted octanol–water partition coefficient (Wildman–Crippen LogP) is 3.93. The molecule has 0 radical (unpaired) electrons. The minimum absolute atomic E-state index is 0.0397. The van der Waals surface area contributed by atoms with E-state index in [1.54, 1.807) is 12.4 Å². The van der Waals surface area contributed by atoms with Crippen molar-refractivity contribution in [2.75, 3.05) is 16.0 Å². The number of halogens is 1. The van der Waals surface area contributed by atoms with Crippen LogP contribution in [0.1, 0.15) is 52.5 Å². The average Bonchev–Trinajstić information content (AvgIpc) is 3.13. The SMILES string of the molecule is CC(=O)Nc1cc(F)cc(Nc2nc(N[C@H]3CCCC[C@@H]3N)nc3c2ncn3C(C)C)c1. The molecule has 32 heavy (non-hydrogen) atoms. The van der Waals surface area contributed by atoms with Gasteiger partial charge in [-0.2, -0.15) is 9.97 Å². The summed E-state index contributed by atoms with van der Waals surface area (Å²) in [6.07, 6.45) is 5.88. The van der Waals surface area contributed by atoms with Crippen molar-refractivity contribution in [1.82, 2.24) is 19.5 Å². The van der Waals surface area contributed by atoms with Crippen molar-refractivity contribution in [2.24, 2.45) is 5.73 Å². The third-order valence-electron chi connectivity index (χ3n) is 5.59. The molecule has 0 spiro atoms. The minimum Gasteiger partial charge on any atom is -0.350 e. The van der Waals surface area contributed by atoms with Gasteiger partial charge in [-0.25, -0.2) is 9.37 Å². The number of carbonyl (C=O) groups excluding carboxylic acids is 1. The lowest BCUT2D eigenvalue weighted by atomic mass is 9.91. The molecule has 3 aromatic rings. The molecule has 1 fully saturated rings. The molecule has 10 heteroatoms. The number of rotatable bonds is 6. The number of imidazole rings is 1. The smallest absolute Gasteiger partial charge is 0.227 e. The summed E-state index contributed by atoms with van der Waals surface area (Å²) in [6.45, 7) is 5.47. The molecule has 1 saturated carbocycles. The van der Waals surface area contributed by atoms with Crippen LogP contribution in [0.15, 0.2) is 24.5 Å². The summed E-state index contributed by atoms with van der Waals surface area (Å²) in [5.41, 5.74) is 8.34. The number of hydrogen-bond donors (Lipinski definition) is 4. The maximum atomic E-state index is 14.2. The van der Waals surface area contributed by atoms with E-state index in [1.165, 1.54) is 19.1 Å². The van der Waals surface area contributed by atoms with Crippen LogP contribution in [0.2, 0.25) is 0 Å². The van der Waals surface area contributed by atoms with Crippen LogP contribution in [-0.2, 0) is 4.79 Å². The van der Waals surface area contributed by atoms with Gasteiger partial charge in [-0.1, -0.05) is 12.8 Å². The second kappa shape index (κ2) is 9.07. The van der Waals surface area contributed by atoms with E-state index in [2.05, 4.69) is 25.9 Å². The zero-order valence-corrected chi connectivity index (χ0v) is 18.5. The Kier molecular flexibility index (Phi) is 6.22. The summed E-state index contributed by atoms with van der Waals surface area (Å²) in [6, 6.07) is 4.51. The molecule has 1 amide bonds. The highest BCUT2D eigenvalue weighted by molar-refractivity contribution is 5.90. The standard InChI is InChI=1S/C22H29FN8O/c1-12(2)31-11-25-19-20(27-16-9-14(23)8-15(10-16)26-13(3)32)29-22(30-21(19)31)28-18-7-5-4-6-17(18)24/h8-12,17-18H,4-7,24H2,1-3H3,(H,26,32)(H2,27,28,29,30)/t17-,18-/m0/s1. The van der Waals surface area contributed by atoms with Gasteiger partial charge in [0.05, 0.1) is 6.33 Å². The Balaban J connectivity index is 1.73. The van der Waals surface area contributed by atoms with Gasteiger partial charge in [0.25, 0.3) is 0 Å². The number of nitrogens with one attached hydrogen (secondary N) is 3. The summed E-state index contributed by atoms with van der Waals surface area (Å²) < 4.78 is 16.1. The van der Waals surface area contributed by atoms with Crippen LogP contribution in [-0.4, -0.2) is 37.5 Å². The van der Waals surface area contributed by atoms with Crippen LogP contribution >= 0.6 is 0 Å². The molecular formula is C22H29FN8O. The molecule has 2 heterocycles. The van der Waals surface area contributed by atoms with Gasteiger partial charge in [-0.3, -0.25) is 4.79 Å². The van der Waals surface area contributed by atoms with Crippen molar-refractivity contribution in [3.8, 4) is 0 Å². The molecule has 0 aliphatic heterocycles. The Hall–Kier alpha value is -3.27. The van der Waals surface area contributed by atoms with Crippen molar-refractivity contribution in [3.05, 3.63) is 30.3 Å². The number of hydrogen-bond acceptors (Lipinski definition) is 7. The lowest BCUT2D eigenvalue weighted by Gasteiger charge is -2.29. The van der Waals surface area contributed by atoms with Crippen molar-refractivity contribution >= 4 is 40.2 Å². The van der Waals surface area contributed by atoms with Gasteiger partial charge < -0.3 is 26.3 Å². The topological polar surface area (TPSA) is 123 Å². The second-order valence-electron chi connectivity index (χ2n) is 8.55.